The Labute approximate surface area is 359 Å². The third kappa shape index (κ3) is 31.8. The van der Waals surface area contributed by atoms with E-state index in [0.29, 0.717) is 13.0 Å². The van der Waals surface area contributed by atoms with Gasteiger partial charge in [-0.25, -0.2) is 0 Å². The molecule has 0 amide bonds. The summed E-state index contributed by atoms with van der Waals surface area (Å²) in [6.45, 7) is 4.32. The van der Waals surface area contributed by atoms with Crippen LogP contribution in [0.15, 0.2) is 85.1 Å². The molecule has 0 spiro atoms. The number of aliphatic hydroxyl groups is 4. The van der Waals surface area contributed by atoms with Gasteiger partial charge in [-0.2, -0.15) is 0 Å². The number of ether oxygens (including phenoxy) is 4. The summed E-state index contributed by atoms with van der Waals surface area (Å²) in [6, 6.07) is 0. The zero-order valence-electron chi connectivity index (χ0n) is 37.0. The Balaban J connectivity index is 2.20. The van der Waals surface area contributed by atoms with Crippen LogP contribution >= 0.6 is 0 Å². The summed E-state index contributed by atoms with van der Waals surface area (Å²) >= 11 is 0. The van der Waals surface area contributed by atoms with Gasteiger partial charge >= 0.3 is 5.97 Å². The van der Waals surface area contributed by atoms with Crippen LogP contribution in [0.25, 0.3) is 0 Å². The minimum Gasteiger partial charge on any atom is -0.457 e. The van der Waals surface area contributed by atoms with Gasteiger partial charge in [0.25, 0.3) is 0 Å². The molecule has 1 rings (SSSR count). The molecule has 1 heterocycles. The van der Waals surface area contributed by atoms with E-state index in [0.717, 1.165) is 109 Å². The first-order valence-electron chi connectivity index (χ1n) is 23.2. The van der Waals surface area contributed by atoms with Crippen LogP contribution in [0.4, 0.5) is 0 Å². The first kappa shape index (κ1) is 54.4. The minimum absolute atomic E-state index is 0.126. The number of hydrogen-bond acceptors (Lipinski definition) is 9. The average molecular weight is 829 g/mol. The van der Waals surface area contributed by atoms with Crippen LogP contribution in [0.3, 0.4) is 0 Å². The largest absolute Gasteiger partial charge is 0.457 e. The number of carbonyl (C=O) groups is 1. The first-order chi connectivity index (χ1) is 28.9. The van der Waals surface area contributed by atoms with Crippen LogP contribution in [0, 0.1) is 0 Å². The molecule has 1 fully saturated rings. The molecule has 338 valence electrons. The van der Waals surface area contributed by atoms with Crippen molar-refractivity contribution < 1.29 is 44.2 Å². The van der Waals surface area contributed by atoms with E-state index < -0.39 is 43.4 Å². The third-order valence-electron chi connectivity index (χ3n) is 10.0. The average Bonchev–Trinajstić information content (AvgIpc) is 3.24. The Kier molecular flexibility index (Phi) is 37.6. The second-order valence-corrected chi connectivity index (χ2v) is 15.5. The minimum atomic E-state index is -1.54. The molecule has 9 heteroatoms. The zero-order chi connectivity index (χ0) is 42.9. The lowest BCUT2D eigenvalue weighted by Crippen LogP contribution is -2.59. The Morgan fingerprint density at radius 3 is 1.58 bits per heavy atom. The van der Waals surface area contributed by atoms with Crippen LogP contribution in [-0.2, 0) is 23.7 Å². The molecule has 0 aromatic rings. The molecule has 0 aliphatic carbocycles. The number of allylic oxidation sites excluding steroid dienone is 14. The molecule has 6 unspecified atom stereocenters. The molecule has 1 saturated heterocycles. The maximum atomic E-state index is 12.7. The van der Waals surface area contributed by atoms with Crippen molar-refractivity contribution in [3.05, 3.63) is 85.1 Å². The van der Waals surface area contributed by atoms with E-state index in [1.807, 2.05) is 0 Å². The lowest BCUT2D eigenvalue weighted by atomic mass is 9.99. The van der Waals surface area contributed by atoms with E-state index in [4.69, 9.17) is 18.9 Å². The molecule has 1 aliphatic heterocycles. The lowest BCUT2D eigenvalue weighted by Gasteiger charge is -2.39. The summed E-state index contributed by atoms with van der Waals surface area (Å²) in [7, 11) is 0. The highest BCUT2D eigenvalue weighted by atomic mass is 16.7. The molecule has 6 atom stereocenters. The molecule has 0 radical (unpaired) electrons. The van der Waals surface area contributed by atoms with E-state index >= 15 is 0 Å². The van der Waals surface area contributed by atoms with Crippen molar-refractivity contribution in [3.8, 4) is 0 Å². The maximum absolute atomic E-state index is 12.7. The van der Waals surface area contributed by atoms with Crippen molar-refractivity contribution in [2.24, 2.45) is 0 Å². The smallest absolute Gasteiger partial charge is 0.306 e. The Morgan fingerprint density at radius 1 is 0.559 bits per heavy atom. The summed E-state index contributed by atoms with van der Waals surface area (Å²) in [5.41, 5.74) is 0. The molecular weight excluding hydrogens is 745 g/mol. The molecule has 9 nitrogen and oxygen atoms in total. The van der Waals surface area contributed by atoms with Crippen LogP contribution in [0.2, 0.25) is 0 Å². The van der Waals surface area contributed by atoms with E-state index in [1.54, 1.807) is 0 Å². The molecule has 1 aliphatic rings. The first-order valence-corrected chi connectivity index (χ1v) is 23.2. The van der Waals surface area contributed by atoms with E-state index in [-0.39, 0.29) is 19.2 Å². The van der Waals surface area contributed by atoms with Gasteiger partial charge in [0, 0.05) is 13.0 Å². The van der Waals surface area contributed by atoms with Crippen molar-refractivity contribution in [2.75, 3.05) is 26.4 Å². The topological polar surface area (TPSA) is 135 Å². The van der Waals surface area contributed by atoms with E-state index in [9.17, 15) is 25.2 Å². The number of aliphatic hydroxyl groups excluding tert-OH is 4. The normalized spacial score (nSPS) is 20.9. The van der Waals surface area contributed by atoms with Gasteiger partial charge < -0.3 is 39.4 Å². The predicted molar refractivity (Wildman–Crippen MR) is 242 cm³/mol. The number of hydrogen-bond donors (Lipinski definition) is 4. The van der Waals surface area contributed by atoms with Crippen LogP contribution < -0.4 is 0 Å². The molecular formula is C50H84O9. The predicted octanol–water partition coefficient (Wildman–Crippen LogP) is 10.6. The van der Waals surface area contributed by atoms with Crippen molar-refractivity contribution in [1.29, 1.82) is 0 Å². The Morgan fingerprint density at radius 2 is 1.03 bits per heavy atom. The Bertz CT molecular complexity index is 1170. The van der Waals surface area contributed by atoms with Gasteiger partial charge in [-0.3, -0.25) is 4.79 Å². The van der Waals surface area contributed by atoms with Crippen LogP contribution in [0.5, 0.6) is 0 Å². The van der Waals surface area contributed by atoms with Gasteiger partial charge in [0.15, 0.2) is 6.29 Å². The summed E-state index contributed by atoms with van der Waals surface area (Å²) in [5.74, 6) is -0.334. The van der Waals surface area contributed by atoms with Crippen molar-refractivity contribution in [3.63, 3.8) is 0 Å². The standard InChI is InChI=1S/C50H84O9/c1-3-5-7-9-11-13-15-16-17-18-19-20-21-22-23-24-25-26-27-28-29-30-32-34-36-38-40-56-42-44(43-57-50-49(55)48(54)47(53)45(41-51)59-50)58-46(52)39-37-35-33-31-14-12-10-8-6-4-2/h5,7-8,10-11,13,16-17,19-20,22-23,25-26,44-45,47-51,53-55H,3-4,6,9,12,14-15,18,21,24,27-43H2,1-2H3/b7-5-,10-8-,13-11-,17-16-,20-19-,23-22-,26-25-. The van der Waals surface area contributed by atoms with Crippen LogP contribution in [-0.4, -0.2) is 89.6 Å². The van der Waals surface area contributed by atoms with Gasteiger partial charge in [-0.05, 0) is 83.5 Å². The van der Waals surface area contributed by atoms with Crippen molar-refractivity contribution in [1.82, 2.24) is 0 Å². The fraction of sp³-hybridized carbons (Fsp3) is 0.700. The SMILES string of the molecule is CC/C=C\C/C=C\C/C=C\C/C=C\C/C=C\C/C=C\CCCCCCCCCOCC(COC1OC(CO)C(O)C(O)C1O)OC(=O)CCCCCCC/C=C\CCC. The van der Waals surface area contributed by atoms with E-state index in [1.165, 1.54) is 32.1 Å². The van der Waals surface area contributed by atoms with Gasteiger partial charge in [-0.15, -0.1) is 0 Å². The van der Waals surface area contributed by atoms with Gasteiger partial charge in [-0.1, -0.05) is 157 Å². The van der Waals surface area contributed by atoms with Gasteiger partial charge in [0.2, 0.25) is 0 Å². The molecule has 0 aromatic carbocycles. The lowest BCUT2D eigenvalue weighted by molar-refractivity contribution is -0.305. The fourth-order valence-corrected chi connectivity index (χ4v) is 6.44. The van der Waals surface area contributed by atoms with E-state index in [2.05, 4.69) is 98.9 Å². The quantitative estimate of drug-likeness (QED) is 0.0272. The monoisotopic (exact) mass is 829 g/mol. The number of esters is 1. The Hall–Kier alpha value is -2.63. The highest BCUT2D eigenvalue weighted by molar-refractivity contribution is 5.69. The fourth-order valence-electron chi connectivity index (χ4n) is 6.44. The second-order valence-electron chi connectivity index (χ2n) is 15.5. The van der Waals surface area contributed by atoms with Crippen molar-refractivity contribution in [2.45, 2.75) is 198 Å². The summed E-state index contributed by atoms with van der Waals surface area (Å²) in [4.78, 5) is 12.7. The zero-order valence-corrected chi connectivity index (χ0v) is 37.0. The highest BCUT2D eigenvalue weighted by Crippen LogP contribution is 2.22. The second kappa shape index (κ2) is 40.8. The molecule has 0 saturated carbocycles. The highest BCUT2D eigenvalue weighted by Gasteiger charge is 2.44. The number of unbranched alkanes of at least 4 members (excludes halogenated alkanes) is 13. The molecule has 59 heavy (non-hydrogen) atoms. The maximum Gasteiger partial charge on any atom is 0.306 e. The van der Waals surface area contributed by atoms with Crippen LogP contribution in [0.1, 0.15) is 162 Å². The molecule has 4 N–H and O–H groups in total. The molecule has 0 aromatic heterocycles. The van der Waals surface area contributed by atoms with Gasteiger partial charge in [0.1, 0.15) is 30.5 Å². The summed E-state index contributed by atoms with van der Waals surface area (Å²) in [5, 5.41) is 40.1. The van der Waals surface area contributed by atoms with Crippen molar-refractivity contribution >= 4 is 5.97 Å². The third-order valence-corrected chi connectivity index (χ3v) is 10.0. The molecule has 0 bridgehead atoms. The number of rotatable bonds is 38. The number of carbonyl (C=O) groups excluding carboxylic acids is 1. The summed E-state index contributed by atoms with van der Waals surface area (Å²) in [6.07, 6.45) is 47.6. The van der Waals surface area contributed by atoms with Gasteiger partial charge in [0.05, 0.1) is 19.8 Å². The summed E-state index contributed by atoms with van der Waals surface area (Å²) < 4.78 is 22.8.